The van der Waals surface area contributed by atoms with E-state index >= 15 is 0 Å². The van der Waals surface area contributed by atoms with E-state index in [1.165, 1.54) is 30.5 Å². The molecule has 154 valence electrons. The lowest BCUT2D eigenvalue weighted by Gasteiger charge is -2.42. The van der Waals surface area contributed by atoms with Crippen molar-refractivity contribution < 1.29 is 22.4 Å². The van der Waals surface area contributed by atoms with Gasteiger partial charge in [0.25, 0.3) is 0 Å². The van der Waals surface area contributed by atoms with E-state index in [-0.39, 0.29) is 40.8 Å². The van der Waals surface area contributed by atoms with Gasteiger partial charge in [0.05, 0.1) is 0 Å². The largest absolute Gasteiger partial charge is 0.437 e. The summed E-state index contributed by atoms with van der Waals surface area (Å²) in [6, 6.07) is 5.34. The predicted molar refractivity (Wildman–Crippen MR) is 98.4 cm³/mol. The number of amides is 1. The summed E-state index contributed by atoms with van der Waals surface area (Å²) in [5.74, 6) is -0.954. The minimum Gasteiger partial charge on any atom is -0.365 e. The molecule has 9 heteroatoms. The fourth-order valence-electron chi connectivity index (χ4n) is 4.63. The van der Waals surface area contributed by atoms with Gasteiger partial charge in [-0.25, -0.2) is 14.4 Å². The van der Waals surface area contributed by atoms with Crippen LogP contribution in [-0.2, 0) is 11.0 Å². The van der Waals surface area contributed by atoms with Crippen molar-refractivity contribution >= 4 is 17.4 Å². The van der Waals surface area contributed by atoms with Gasteiger partial charge in [-0.3, -0.25) is 4.79 Å². The maximum atomic E-state index is 13.2. The van der Waals surface area contributed by atoms with Crippen molar-refractivity contribution in [1.29, 1.82) is 0 Å². The lowest BCUT2D eigenvalue weighted by atomic mass is 9.62. The second-order valence-electron chi connectivity index (χ2n) is 7.95. The Hall–Kier alpha value is -2.71. The van der Waals surface area contributed by atoms with Gasteiger partial charge in [-0.2, -0.15) is 13.2 Å². The Morgan fingerprint density at radius 1 is 1.14 bits per heavy atom. The number of benzene rings is 1. The fraction of sp³-hybridized carbons (Fsp3) is 0.450. The van der Waals surface area contributed by atoms with Crippen LogP contribution in [0.4, 0.5) is 29.1 Å². The zero-order chi connectivity index (χ0) is 20.8. The van der Waals surface area contributed by atoms with Gasteiger partial charge in [-0.15, -0.1) is 0 Å². The van der Waals surface area contributed by atoms with Crippen molar-refractivity contribution in [2.24, 2.45) is 17.3 Å². The monoisotopic (exact) mass is 408 g/mol. The molecule has 3 aliphatic rings. The first-order valence-electron chi connectivity index (χ1n) is 9.39. The highest BCUT2D eigenvalue weighted by Crippen LogP contribution is 2.63. The van der Waals surface area contributed by atoms with Crippen molar-refractivity contribution in [3.8, 4) is 0 Å². The highest BCUT2D eigenvalue weighted by atomic mass is 19.4. The van der Waals surface area contributed by atoms with Crippen LogP contribution in [0.3, 0.4) is 0 Å². The van der Waals surface area contributed by atoms with Gasteiger partial charge in [0.1, 0.15) is 5.82 Å². The molecule has 3 saturated carbocycles. The van der Waals surface area contributed by atoms with Gasteiger partial charge in [0.15, 0.2) is 11.5 Å². The van der Waals surface area contributed by atoms with Gasteiger partial charge < -0.3 is 10.6 Å². The number of anilines is 2. The quantitative estimate of drug-likeness (QED) is 0.716. The third-order valence-electron chi connectivity index (χ3n) is 6.25. The molecule has 1 unspecified atom stereocenters. The molecular formula is C20H20F4N4O. The molecule has 1 heterocycles. The molecule has 2 bridgehead atoms. The Labute approximate surface area is 164 Å². The van der Waals surface area contributed by atoms with E-state index in [2.05, 4.69) is 20.6 Å². The lowest BCUT2D eigenvalue weighted by Crippen LogP contribution is -2.41. The van der Waals surface area contributed by atoms with Gasteiger partial charge in [0, 0.05) is 30.0 Å². The Morgan fingerprint density at radius 3 is 2.45 bits per heavy atom. The maximum Gasteiger partial charge on any atom is 0.437 e. The molecule has 0 aliphatic heterocycles. The zero-order valence-corrected chi connectivity index (χ0v) is 15.6. The third-order valence-corrected chi connectivity index (χ3v) is 6.25. The Morgan fingerprint density at radius 2 is 1.79 bits per heavy atom. The predicted octanol–water partition coefficient (Wildman–Crippen LogP) is 4.49. The molecule has 5 rings (SSSR count). The van der Waals surface area contributed by atoms with E-state index in [1.807, 2.05) is 6.92 Å². The maximum absolute atomic E-state index is 13.2. The topological polar surface area (TPSA) is 66.9 Å². The molecule has 3 aliphatic carbocycles. The van der Waals surface area contributed by atoms with E-state index in [0.29, 0.717) is 12.1 Å². The second kappa shape index (κ2) is 6.96. The molecule has 0 saturated heterocycles. The summed E-state index contributed by atoms with van der Waals surface area (Å²) in [6.45, 7) is 1.83. The van der Waals surface area contributed by atoms with Crippen LogP contribution in [-0.4, -0.2) is 21.9 Å². The second-order valence-corrected chi connectivity index (χ2v) is 7.95. The minimum absolute atomic E-state index is 0.175. The number of alkyl halides is 3. The van der Waals surface area contributed by atoms with Crippen LogP contribution >= 0.6 is 0 Å². The third kappa shape index (κ3) is 3.65. The Kier molecular flexibility index (Phi) is 4.71. The summed E-state index contributed by atoms with van der Waals surface area (Å²) in [6.07, 6.45) is -0.215. The Balaban J connectivity index is 1.43. The molecule has 1 aromatic heterocycles. The molecular weight excluding hydrogens is 388 g/mol. The normalized spacial score (nSPS) is 26.5. The number of nitrogens with zero attached hydrogens (tertiary/aromatic N) is 2. The minimum atomic E-state index is -4.59. The molecule has 29 heavy (non-hydrogen) atoms. The highest BCUT2D eigenvalue weighted by Gasteiger charge is 2.60. The first-order chi connectivity index (χ1) is 13.7. The van der Waals surface area contributed by atoms with Crippen LogP contribution in [0, 0.1) is 23.1 Å². The van der Waals surface area contributed by atoms with Crippen LogP contribution in [0.25, 0.3) is 0 Å². The number of carbonyl (C=O) groups excluding carboxylic acids is 1. The summed E-state index contributed by atoms with van der Waals surface area (Å²) in [7, 11) is 0. The van der Waals surface area contributed by atoms with E-state index < -0.39 is 11.9 Å². The average molecular weight is 408 g/mol. The van der Waals surface area contributed by atoms with Crippen molar-refractivity contribution in [3.63, 3.8) is 0 Å². The van der Waals surface area contributed by atoms with Crippen molar-refractivity contribution in [2.75, 3.05) is 10.6 Å². The number of hydrogen-bond acceptors (Lipinski definition) is 4. The van der Waals surface area contributed by atoms with Crippen molar-refractivity contribution in [2.45, 2.75) is 38.4 Å². The molecule has 5 nitrogen and oxygen atoms in total. The number of carbonyl (C=O) groups is 1. The zero-order valence-electron chi connectivity index (χ0n) is 15.6. The number of aromatic nitrogens is 2. The molecule has 2 atom stereocenters. The molecule has 1 amide bonds. The average Bonchev–Trinajstić information content (AvgIpc) is 3.17. The standard InChI is InChI=1S/C20H20F4N4O/c1-11(18(29)27-14-4-2-13(21)3-5-14)19-8-12(9-19)15(10-19)28-17-16(20(22,23)24)25-6-7-26-17/h2-7,11-12,15H,8-10H2,1H3,(H,26,28)(H,27,29)/t11?,12?,15-,19?/m1/s1. The number of nitrogens with one attached hydrogen (secondary N) is 2. The number of hydrogen-bond donors (Lipinski definition) is 2. The molecule has 0 spiro atoms. The van der Waals surface area contributed by atoms with E-state index in [9.17, 15) is 22.4 Å². The van der Waals surface area contributed by atoms with Crippen molar-refractivity contribution in [1.82, 2.24) is 9.97 Å². The molecule has 2 N–H and O–H groups in total. The van der Waals surface area contributed by atoms with Gasteiger partial charge in [-0.1, -0.05) is 6.92 Å². The summed E-state index contributed by atoms with van der Waals surface area (Å²) in [4.78, 5) is 19.9. The SMILES string of the molecule is CC(C(=O)Nc1ccc(F)cc1)C12CC(C1)[C@H](Nc1nccnc1C(F)(F)F)C2. The Bertz CT molecular complexity index is 909. The summed E-state index contributed by atoms with van der Waals surface area (Å²) in [5.41, 5.74) is -0.773. The van der Waals surface area contributed by atoms with Gasteiger partial charge in [0.2, 0.25) is 5.91 Å². The van der Waals surface area contributed by atoms with Crippen LogP contribution in [0.2, 0.25) is 0 Å². The summed E-state index contributed by atoms with van der Waals surface area (Å²) in [5, 5.41) is 5.71. The van der Waals surface area contributed by atoms with Gasteiger partial charge >= 0.3 is 6.18 Å². The molecule has 3 fully saturated rings. The smallest absolute Gasteiger partial charge is 0.365 e. The van der Waals surface area contributed by atoms with E-state index in [1.54, 1.807) is 0 Å². The molecule has 1 aromatic carbocycles. The summed E-state index contributed by atoms with van der Waals surface area (Å²) >= 11 is 0. The van der Waals surface area contributed by atoms with Crippen LogP contribution in [0.15, 0.2) is 36.7 Å². The summed E-state index contributed by atoms with van der Waals surface area (Å²) < 4.78 is 52.5. The first-order valence-corrected chi connectivity index (χ1v) is 9.39. The van der Waals surface area contributed by atoms with Gasteiger partial charge in [-0.05, 0) is 54.9 Å². The van der Waals surface area contributed by atoms with E-state index in [0.717, 1.165) is 19.0 Å². The number of rotatable bonds is 5. The first kappa shape index (κ1) is 19.6. The van der Waals surface area contributed by atoms with Crippen LogP contribution in [0.5, 0.6) is 0 Å². The lowest BCUT2D eigenvalue weighted by molar-refractivity contribution is -0.140. The van der Waals surface area contributed by atoms with E-state index in [4.69, 9.17) is 0 Å². The molecule has 0 radical (unpaired) electrons. The van der Waals surface area contributed by atoms with Crippen LogP contribution in [0.1, 0.15) is 31.9 Å². The highest BCUT2D eigenvalue weighted by molar-refractivity contribution is 5.93. The van der Waals surface area contributed by atoms with Crippen LogP contribution < -0.4 is 10.6 Å². The van der Waals surface area contributed by atoms with Crippen molar-refractivity contribution in [3.05, 3.63) is 48.2 Å². The number of halogens is 4. The molecule has 2 aromatic rings. The fourth-order valence-corrected chi connectivity index (χ4v) is 4.63. The number of fused-ring (bicyclic) bond motifs is 1.